The van der Waals surface area contributed by atoms with Crippen molar-refractivity contribution in [2.75, 3.05) is 0 Å². The SMILES string of the molecule is CCCCC(Cn1cncn1)c1ccc(Cl)cc1. The predicted molar refractivity (Wildman–Crippen MR) is 73.7 cm³/mol. The fourth-order valence-electron chi connectivity index (χ4n) is 2.10. The van der Waals surface area contributed by atoms with Crippen LogP contribution in [0.1, 0.15) is 37.7 Å². The van der Waals surface area contributed by atoms with Gasteiger partial charge in [-0.25, -0.2) is 4.98 Å². The van der Waals surface area contributed by atoms with Gasteiger partial charge < -0.3 is 0 Å². The molecule has 1 heterocycles. The van der Waals surface area contributed by atoms with Crippen LogP contribution >= 0.6 is 11.6 Å². The second kappa shape index (κ2) is 6.55. The molecule has 0 N–H and O–H groups in total. The van der Waals surface area contributed by atoms with Crippen molar-refractivity contribution >= 4 is 11.6 Å². The first-order valence-corrected chi connectivity index (χ1v) is 6.75. The lowest BCUT2D eigenvalue weighted by molar-refractivity contribution is 0.474. The van der Waals surface area contributed by atoms with E-state index < -0.39 is 0 Å². The number of benzene rings is 1. The number of halogens is 1. The fraction of sp³-hybridized carbons (Fsp3) is 0.429. The molecule has 0 aliphatic heterocycles. The quantitative estimate of drug-likeness (QED) is 0.791. The van der Waals surface area contributed by atoms with Gasteiger partial charge in [-0.05, 0) is 24.1 Å². The van der Waals surface area contributed by atoms with Gasteiger partial charge in [-0.15, -0.1) is 0 Å². The summed E-state index contributed by atoms with van der Waals surface area (Å²) in [6.45, 7) is 3.09. The first kappa shape index (κ1) is 13.1. The second-order valence-electron chi connectivity index (χ2n) is 4.51. The summed E-state index contributed by atoms with van der Waals surface area (Å²) in [4.78, 5) is 3.99. The molecule has 0 saturated carbocycles. The van der Waals surface area contributed by atoms with Crippen molar-refractivity contribution in [3.05, 3.63) is 47.5 Å². The zero-order valence-electron chi connectivity index (χ0n) is 10.6. The van der Waals surface area contributed by atoms with Crippen LogP contribution in [0.5, 0.6) is 0 Å². The molecule has 4 heteroatoms. The van der Waals surface area contributed by atoms with Crippen LogP contribution in [0, 0.1) is 0 Å². The van der Waals surface area contributed by atoms with Crippen molar-refractivity contribution in [1.82, 2.24) is 14.8 Å². The summed E-state index contributed by atoms with van der Waals surface area (Å²) in [6.07, 6.45) is 6.95. The maximum absolute atomic E-state index is 5.94. The van der Waals surface area contributed by atoms with Crippen LogP contribution in [0.25, 0.3) is 0 Å². The van der Waals surface area contributed by atoms with Crippen molar-refractivity contribution in [3.8, 4) is 0 Å². The average Bonchev–Trinajstić information content (AvgIpc) is 2.88. The molecule has 0 fully saturated rings. The van der Waals surface area contributed by atoms with Gasteiger partial charge >= 0.3 is 0 Å². The first-order valence-electron chi connectivity index (χ1n) is 6.37. The zero-order valence-corrected chi connectivity index (χ0v) is 11.3. The average molecular weight is 264 g/mol. The molecule has 0 radical (unpaired) electrons. The minimum atomic E-state index is 0.476. The van der Waals surface area contributed by atoms with Gasteiger partial charge in [0, 0.05) is 17.5 Å². The Morgan fingerprint density at radius 3 is 2.67 bits per heavy atom. The summed E-state index contributed by atoms with van der Waals surface area (Å²) in [5, 5.41) is 4.97. The molecule has 96 valence electrons. The van der Waals surface area contributed by atoms with Crippen molar-refractivity contribution in [2.45, 2.75) is 38.6 Å². The standard InChI is InChI=1S/C14H18ClN3/c1-2-3-4-13(9-18-11-16-10-17-18)12-5-7-14(15)8-6-12/h5-8,10-11,13H,2-4,9H2,1H3. The highest BCUT2D eigenvalue weighted by molar-refractivity contribution is 6.30. The lowest BCUT2D eigenvalue weighted by Crippen LogP contribution is -2.10. The Hall–Kier alpha value is -1.35. The molecule has 0 amide bonds. The molecule has 0 aliphatic rings. The van der Waals surface area contributed by atoms with Crippen LogP contribution in [-0.2, 0) is 6.54 Å². The highest BCUT2D eigenvalue weighted by atomic mass is 35.5. The topological polar surface area (TPSA) is 30.7 Å². The van der Waals surface area contributed by atoms with Gasteiger partial charge in [0.25, 0.3) is 0 Å². The Morgan fingerprint density at radius 2 is 2.06 bits per heavy atom. The molecule has 0 aliphatic carbocycles. The van der Waals surface area contributed by atoms with Crippen molar-refractivity contribution < 1.29 is 0 Å². The van der Waals surface area contributed by atoms with Crippen molar-refractivity contribution in [2.24, 2.45) is 0 Å². The molecule has 3 nitrogen and oxygen atoms in total. The Bertz CT molecular complexity index is 450. The van der Waals surface area contributed by atoms with E-state index in [2.05, 4.69) is 29.1 Å². The Labute approximate surface area is 113 Å². The Morgan fingerprint density at radius 1 is 1.28 bits per heavy atom. The largest absolute Gasteiger partial charge is 0.252 e. The molecular weight excluding hydrogens is 246 g/mol. The van der Waals surface area contributed by atoms with Gasteiger partial charge in [-0.2, -0.15) is 5.10 Å². The van der Waals surface area contributed by atoms with Crippen LogP contribution < -0.4 is 0 Å². The van der Waals surface area contributed by atoms with E-state index in [-0.39, 0.29) is 0 Å². The molecule has 0 saturated heterocycles. The number of aromatic nitrogens is 3. The van der Waals surface area contributed by atoms with E-state index in [1.807, 2.05) is 16.8 Å². The van der Waals surface area contributed by atoms with E-state index in [0.29, 0.717) is 5.92 Å². The van der Waals surface area contributed by atoms with Gasteiger partial charge in [0.05, 0.1) is 0 Å². The lowest BCUT2D eigenvalue weighted by Gasteiger charge is -2.17. The molecule has 1 aromatic carbocycles. The highest BCUT2D eigenvalue weighted by Crippen LogP contribution is 2.25. The number of hydrogen-bond donors (Lipinski definition) is 0. The summed E-state index contributed by atoms with van der Waals surface area (Å²) in [7, 11) is 0. The first-order chi connectivity index (χ1) is 8.79. The zero-order chi connectivity index (χ0) is 12.8. The highest BCUT2D eigenvalue weighted by Gasteiger charge is 2.12. The van der Waals surface area contributed by atoms with Crippen LogP contribution in [0.2, 0.25) is 5.02 Å². The lowest BCUT2D eigenvalue weighted by atomic mass is 9.93. The molecule has 1 unspecified atom stereocenters. The summed E-state index contributed by atoms with van der Waals surface area (Å²) in [5.74, 6) is 0.476. The van der Waals surface area contributed by atoms with Gasteiger partial charge in [-0.3, -0.25) is 4.68 Å². The summed E-state index contributed by atoms with van der Waals surface area (Å²) < 4.78 is 1.90. The summed E-state index contributed by atoms with van der Waals surface area (Å²) in [6, 6.07) is 8.13. The van der Waals surface area contributed by atoms with Gasteiger partial charge in [-0.1, -0.05) is 43.5 Å². The normalized spacial score (nSPS) is 12.6. The van der Waals surface area contributed by atoms with Crippen molar-refractivity contribution in [1.29, 1.82) is 0 Å². The molecule has 1 aromatic heterocycles. The number of unbranched alkanes of at least 4 members (excludes halogenated alkanes) is 1. The van der Waals surface area contributed by atoms with E-state index >= 15 is 0 Å². The van der Waals surface area contributed by atoms with E-state index in [9.17, 15) is 0 Å². The molecule has 2 rings (SSSR count). The molecule has 0 bridgehead atoms. The monoisotopic (exact) mass is 263 g/mol. The van der Waals surface area contributed by atoms with Crippen LogP contribution in [0.3, 0.4) is 0 Å². The number of nitrogens with zero attached hydrogens (tertiary/aromatic N) is 3. The molecule has 2 aromatic rings. The number of rotatable bonds is 6. The Balaban J connectivity index is 2.11. The van der Waals surface area contributed by atoms with E-state index in [1.165, 1.54) is 18.4 Å². The second-order valence-corrected chi connectivity index (χ2v) is 4.94. The Kier molecular flexibility index (Phi) is 4.76. The van der Waals surface area contributed by atoms with Crippen LogP contribution in [0.4, 0.5) is 0 Å². The predicted octanol–water partition coefficient (Wildman–Crippen LogP) is 3.91. The smallest absolute Gasteiger partial charge is 0.137 e. The van der Waals surface area contributed by atoms with E-state index in [1.54, 1.807) is 12.7 Å². The van der Waals surface area contributed by atoms with E-state index in [4.69, 9.17) is 11.6 Å². The van der Waals surface area contributed by atoms with Crippen molar-refractivity contribution in [3.63, 3.8) is 0 Å². The minimum Gasteiger partial charge on any atom is -0.252 e. The maximum atomic E-state index is 5.94. The summed E-state index contributed by atoms with van der Waals surface area (Å²) in [5.41, 5.74) is 1.32. The van der Waals surface area contributed by atoms with E-state index in [0.717, 1.165) is 18.0 Å². The third kappa shape index (κ3) is 3.57. The summed E-state index contributed by atoms with van der Waals surface area (Å²) >= 11 is 5.94. The molecular formula is C14H18ClN3. The maximum Gasteiger partial charge on any atom is 0.137 e. The van der Waals surface area contributed by atoms with Crippen LogP contribution in [0.15, 0.2) is 36.9 Å². The molecule has 1 atom stereocenters. The van der Waals surface area contributed by atoms with Gasteiger partial charge in [0.1, 0.15) is 12.7 Å². The third-order valence-electron chi connectivity index (χ3n) is 3.12. The van der Waals surface area contributed by atoms with Gasteiger partial charge in [0.2, 0.25) is 0 Å². The van der Waals surface area contributed by atoms with Gasteiger partial charge in [0.15, 0.2) is 0 Å². The third-order valence-corrected chi connectivity index (χ3v) is 3.37. The fourth-order valence-corrected chi connectivity index (χ4v) is 2.23. The van der Waals surface area contributed by atoms with Crippen LogP contribution in [-0.4, -0.2) is 14.8 Å². The molecule has 18 heavy (non-hydrogen) atoms. The minimum absolute atomic E-state index is 0.476. The molecule has 0 spiro atoms. The number of hydrogen-bond acceptors (Lipinski definition) is 2.